The molecule has 0 aliphatic rings. The second kappa shape index (κ2) is 9.76. The van der Waals surface area contributed by atoms with E-state index in [1.807, 2.05) is 32.0 Å². The lowest BCUT2D eigenvalue weighted by Crippen LogP contribution is -2.35. The van der Waals surface area contributed by atoms with Gasteiger partial charge in [0.15, 0.2) is 0 Å². The summed E-state index contributed by atoms with van der Waals surface area (Å²) >= 11 is 0. The minimum atomic E-state index is -3.97. The predicted molar refractivity (Wildman–Crippen MR) is 113 cm³/mol. The summed E-state index contributed by atoms with van der Waals surface area (Å²) in [6.45, 7) is 3.69. The molecule has 2 aromatic carbocycles. The highest BCUT2D eigenvalue weighted by atomic mass is 32.2. The molecule has 29 heavy (non-hydrogen) atoms. The van der Waals surface area contributed by atoms with Crippen molar-refractivity contribution in [2.45, 2.75) is 31.6 Å². The van der Waals surface area contributed by atoms with Gasteiger partial charge < -0.3 is 14.8 Å². The summed E-state index contributed by atoms with van der Waals surface area (Å²) in [6.07, 6.45) is 1.53. The number of carbonyl (C=O) groups excluding carboxylic acids is 1. The first kappa shape index (κ1) is 22.7. The third-order valence-electron chi connectivity index (χ3n) is 4.69. The van der Waals surface area contributed by atoms with Gasteiger partial charge in [-0.15, -0.1) is 0 Å². The molecule has 0 radical (unpaired) electrons. The van der Waals surface area contributed by atoms with Gasteiger partial charge in [0.1, 0.15) is 16.4 Å². The van der Waals surface area contributed by atoms with Crippen molar-refractivity contribution in [1.82, 2.24) is 4.31 Å². The molecule has 0 fully saturated rings. The normalized spacial score (nSPS) is 11.4. The molecular weight excluding hydrogens is 392 g/mol. The van der Waals surface area contributed by atoms with Crippen LogP contribution in [0.3, 0.4) is 0 Å². The lowest BCUT2D eigenvalue weighted by Gasteiger charge is -2.20. The summed E-state index contributed by atoms with van der Waals surface area (Å²) in [4.78, 5) is 12.6. The Morgan fingerprint density at radius 3 is 2.17 bits per heavy atom. The minimum Gasteiger partial charge on any atom is -0.497 e. The van der Waals surface area contributed by atoms with E-state index in [0.29, 0.717) is 5.75 Å². The molecular formula is C21H28N2O5S. The van der Waals surface area contributed by atoms with Crippen LogP contribution >= 0.6 is 0 Å². The number of ether oxygens (including phenoxy) is 2. The van der Waals surface area contributed by atoms with E-state index in [9.17, 15) is 13.2 Å². The number of likely N-dealkylation sites (N-methyl/N-ethyl adjacent to an activating group) is 1. The number of nitrogens with one attached hydrogen (secondary N) is 1. The van der Waals surface area contributed by atoms with E-state index in [-0.39, 0.29) is 17.2 Å². The molecule has 0 aromatic heterocycles. The van der Waals surface area contributed by atoms with Crippen molar-refractivity contribution in [2.24, 2.45) is 0 Å². The van der Waals surface area contributed by atoms with Crippen LogP contribution in [0, 0.1) is 0 Å². The van der Waals surface area contributed by atoms with Gasteiger partial charge in [-0.25, -0.2) is 8.42 Å². The van der Waals surface area contributed by atoms with Crippen LogP contribution in [0.1, 0.15) is 25.0 Å². The standard InChI is InChI=1S/C21H28N2O5S/c1-6-15-9-8-10-16(7-2)21(15)22-20(24)14-23(3)29(25,26)19-13-17(27-4)11-12-18(19)28-5/h8-13H,6-7,14H2,1-5H3,(H,22,24). The Balaban J connectivity index is 2.26. The van der Waals surface area contributed by atoms with Crippen molar-refractivity contribution in [3.05, 3.63) is 47.5 Å². The molecule has 0 atom stereocenters. The quantitative estimate of drug-likeness (QED) is 0.674. The van der Waals surface area contributed by atoms with Crippen molar-refractivity contribution >= 4 is 21.6 Å². The van der Waals surface area contributed by atoms with Crippen LogP contribution in [0.15, 0.2) is 41.3 Å². The van der Waals surface area contributed by atoms with E-state index in [1.165, 1.54) is 33.4 Å². The van der Waals surface area contributed by atoms with Gasteiger partial charge in [0.25, 0.3) is 0 Å². The van der Waals surface area contributed by atoms with Gasteiger partial charge >= 0.3 is 0 Å². The Labute approximate surface area is 172 Å². The first-order chi connectivity index (χ1) is 13.8. The van der Waals surface area contributed by atoms with Crippen LogP contribution < -0.4 is 14.8 Å². The minimum absolute atomic E-state index is 0.0575. The van der Waals surface area contributed by atoms with Crippen LogP contribution in [-0.2, 0) is 27.7 Å². The average Bonchev–Trinajstić information content (AvgIpc) is 2.73. The van der Waals surface area contributed by atoms with Gasteiger partial charge in [-0.2, -0.15) is 4.31 Å². The SMILES string of the molecule is CCc1cccc(CC)c1NC(=O)CN(C)S(=O)(=O)c1cc(OC)ccc1OC. The second-order valence-corrected chi connectivity index (χ2v) is 8.50. The summed E-state index contributed by atoms with van der Waals surface area (Å²) in [6, 6.07) is 10.4. The maximum Gasteiger partial charge on any atom is 0.247 e. The van der Waals surface area contributed by atoms with Crippen LogP contribution in [0.25, 0.3) is 0 Å². The number of carbonyl (C=O) groups is 1. The first-order valence-electron chi connectivity index (χ1n) is 9.37. The lowest BCUT2D eigenvalue weighted by atomic mass is 10.0. The Morgan fingerprint density at radius 1 is 1.03 bits per heavy atom. The van der Waals surface area contributed by atoms with Gasteiger partial charge in [0.2, 0.25) is 15.9 Å². The number of methoxy groups -OCH3 is 2. The summed E-state index contributed by atoms with van der Waals surface area (Å²) < 4.78 is 37.4. The second-order valence-electron chi connectivity index (χ2n) is 6.48. The number of hydrogen-bond acceptors (Lipinski definition) is 5. The van der Waals surface area contributed by atoms with Crippen LogP contribution in [0.2, 0.25) is 0 Å². The number of amides is 1. The van der Waals surface area contributed by atoms with Crippen LogP contribution in [-0.4, -0.2) is 46.4 Å². The van der Waals surface area contributed by atoms with Crippen molar-refractivity contribution in [1.29, 1.82) is 0 Å². The molecule has 7 nitrogen and oxygen atoms in total. The zero-order chi connectivity index (χ0) is 21.6. The van der Waals surface area contributed by atoms with Gasteiger partial charge in [0.05, 0.1) is 20.8 Å². The highest BCUT2D eigenvalue weighted by molar-refractivity contribution is 7.89. The number of benzene rings is 2. The molecule has 1 N–H and O–H groups in total. The lowest BCUT2D eigenvalue weighted by molar-refractivity contribution is -0.116. The average molecular weight is 421 g/mol. The van der Waals surface area contributed by atoms with Gasteiger partial charge in [-0.3, -0.25) is 4.79 Å². The van der Waals surface area contributed by atoms with E-state index >= 15 is 0 Å². The highest BCUT2D eigenvalue weighted by Crippen LogP contribution is 2.30. The fourth-order valence-electron chi connectivity index (χ4n) is 3.02. The van der Waals surface area contributed by atoms with Crippen molar-refractivity contribution in [2.75, 3.05) is 33.1 Å². The van der Waals surface area contributed by atoms with Crippen molar-refractivity contribution in [3.63, 3.8) is 0 Å². The molecule has 0 aliphatic carbocycles. The Hall–Kier alpha value is -2.58. The molecule has 2 aromatic rings. The Morgan fingerprint density at radius 2 is 1.66 bits per heavy atom. The molecule has 0 bridgehead atoms. The largest absolute Gasteiger partial charge is 0.497 e. The summed E-state index contributed by atoms with van der Waals surface area (Å²) in [7, 11) is 0.236. The smallest absolute Gasteiger partial charge is 0.247 e. The fourth-order valence-corrected chi connectivity index (χ4v) is 4.32. The van der Waals surface area contributed by atoms with Crippen LogP contribution in [0.5, 0.6) is 11.5 Å². The van der Waals surface area contributed by atoms with Crippen LogP contribution in [0.4, 0.5) is 5.69 Å². The maximum absolute atomic E-state index is 13.0. The number of rotatable bonds is 9. The number of hydrogen-bond donors (Lipinski definition) is 1. The molecule has 8 heteroatoms. The number of para-hydroxylation sites is 1. The Bertz CT molecular complexity index is 951. The zero-order valence-electron chi connectivity index (χ0n) is 17.5. The molecule has 0 unspecified atom stereocenters. The van der Waals surface area contributed by atoms with E-state index in [1.54, 1.807) is 6.07 Å². The molecule has 2 rings (SSSR count). The van der Waals surface area contributed by atoms with Gasteiger partial charge in [-0.05, 0) is 36.1 Å². The summed E-state index contributed by atoms with van der Waals surface area (Å²) in [5.74, 6) is 0.155. The molecule has 0 heterocycles. The summed E-state index contributed by atoms with van der Waals surface area (Å²) in [5, 5.41) is 2.89. The van der Waals surface area contributed by atoms with E-state index < -0.39 is 15.9 Å². The molecule has 0 saturated heterocycles. The van der Waals surface area contributed by atoms with Crippen molar-refractivity contribution in [3.8, 4) is 11.5 Å². The number of aryl methyl sites for hydroxylation is 2. The molecule has 158 valence electrons. The molecule has 0 spiro atoms. The highest BCUT2D eigenvalue weighted by Gasteiger charge is 2.27. The van der Waals surface area contributed by atoms with E-state index in [0.717, 1.165) is 34.0 Å². The Kier molecular flexibility index (Phi) is 7.64. The number of sulfonamides is 1. The predicted octanol–water partition coefficient (Wildman–Crippen LogP) is 3.09. The fraction of sp³-hybridized carbons (Fsp3) is 0.381. The van der Waals surface area contributed by atoms with Crippen molar-refractivity contribution < 1.29 is 22.7 Å². The van der Waals surface area contributed by atoms with E-state index in [4.69, 9.17) is 9.47 Å². The monoisotopic (exact) mass is 420 g/mol. The number of nitrogens with zero attached hydrogens (tertiary/aromatic N) is 1. The van der Waals surface area contributed by atoms with Gasteiger partial charge in [0, 0.05) is 18.8 Å². The van der Waals surface area contributed by atoms with E-state index in [2.05, 4.69) is 5.32 Å². The zero-order valence-corrected chi connectivity index (χ0v) is 18.3. The molecule has 1 amide bonds. The first-order valence-corrected chi connectivity index (χ1v) is 10.8. The topological polar surface area (TPSA) is 84.9 Å². The van der Waals surface area contributed by atoms with Gasteiger partial charge in [-0.1, -0.05) is 32.0 Å². The summed E-state index contributed by atoms with van der Waals surface area (Å²) in [5.41, 5.74) is 2.78. The molecule has 0 aliphatic heterocycles. The maximum atomic E-state index is 13.0. The third-order valence-corrected chi connectivity index (χ3v) is 6.51. The number of anilines is 1. The molecule has 0 saturated carbocycles. The third kappa shape index (κ3) is 5.07.